The van der Waals surface area contributed by atoms with Crippen LogP contribution in [0.5, 0.6) is 0 Å². The molecule has 2 heterocycles. The lowest BCUT2D eigenvalue weighted by Gasteiger charge is -2.18. The number of carbonyl (C=O) groups excluding carboxylic acids is 2. The predicted octanol–water partition coefficient (Wildman–Crippen LogP) is 2.80. The van der Waals surface area contributed by atoms with Crippen LogP contribution >= 0.6 is 0 Å². The number of likely N-dealkylation sites (tertiary alicyclic amines) is 1. The molecule has 0 spiro atoms. The molecule has 2 amide bonds. The van der Waals surface area contributed by atoms with Crippen molar-refractivity contribution in [3.05, 3.63) is 76.9 Å². The summed E-state index contributed by atoms with van der Waals surface area (Å²) < 4.78 is 15.4. The lowest BCUT2D eigenvalue weighted by molar-refractivity contribution is -0.128. The van der Waals surface area contributed by atoms with Gasteiger partial charge < -0.3 is 10.2 Å². The SMILES string of the molecule is Cc1ccccc1CN1CC(CNC(=O)c2nnn(-c3ccccc3F)c2C)CC1=O. The van der Waals surface area contributed by atoms with Crippen molar-refractivity contribution in [1.82, 2.24) is 25.2 Å². The number of nitrogens with one attached hydrogen (secondary N) is 1. The van der Waals surface area contributed by atoms with Gasteiger partial charge in [-0.2, -0.15) is 0 Å². The van der Waals surface area contributed by atoms with Gasteiger partial charge in [0.05, 0.1) is 5.69 Å². The maximum Gasteiger partial charge on any atom is 0.273 e. The summed E-state index contributed by atoms with van der Waals surface area (Å²) in [5.74, 6) is -0.711. The van der Waals surface area contributed by atoms with Crippen LogP contribution in [0.3, 0.4) is 0 Å². The van der Waals surface area contributed by atoms with E-state index in [1.165, 1.54) is 10.7 Å². The van der Waals surface area contributed by atoms with Crippen LogP contribution in [0, 0.1) is 25.6 Å². The molecule has 0 aliphatic carbocycles. The Bertz CT molecular complexity index is 1130. The zero-order valence-corrected chi connectivity index (χ0v) is 17.5. The second kappa shape index (κ2) is 8.67. The lowest BCUT2D eigenvalue weighted by Crippen LogP contribution is -2.31. The Kier molecular flexibility index (Phi) is 5.79. The number of hydrogen-bond donors (Lipinski definition) is 1. The molecule has 1 aliphatic rings. The van der Waals surface area contributed by atoms with E-state index >= 15 is 0 Å². The highest BCUT2D eigenvalue weighted by molar-refractivity contribution is 5.93. The Balaban J connectivity index is 1.37. The molecule has 2 aromatic carbocycles. The highest BCUT2D eigenvalue weighted by Crippen LogP contribution is 2.21. The molecule has 31 heavy (non-hydrogen) atoms. The second-order valence-electron chi connectivity index (χ2n) is 7.87. The van der Waals surface area contributed by atoms with Crippen LogP contribution < -0.4 is 5.32 Å². The van der Waals surface area contributed by atoms with Crippen molar-refractivity contribution < 1.29 is 14.0 Å². The third-order valence-corrected chi connectivity index (χ3v) is 5.66. The molecule has 3 aromatic rings. The van der Waals surface area contributed by atoms with Gasteiger partial charge in [0.2, 0.25) is 5.91 Å². The molecule has 0 bridgehead atoms. The third-order valence-electron chi connectivity index (χ3n) is 5.66. The van der Waals surface area contributed by atoms with E-state index in [1.54, 1.807) is 25.1 Å². The number of amides is 2. The third kappa shape index (κ3) is 4.33. The van der Waals surface area contributed by atoms with Gasteiger partial charge >= 0.3 is 0 Å². The van der Waals surface area contributed by atoms with Gasteiger partial charge in [0, 0.05) is 32.0 Å². The first-order valence-corrected chi connectivity index (χ1v) is 10.2. The molecular formula is C23H24FN5O2. The van der Waals surface area contributed by atoms with E-state index in [9.17, 15) is 14.0 Å². The van der Waals surface area contributed by atoms with Gasteiger partial charge in [-0.25, -0.2) is 9.07 Å². The van der Waals surface area contributed by atoms with E-state index in [0.29, 0.717) is 31.7 Å². The molecule has 1 aromatic heterocycles. The standard InChI is InChI=1S/C23H24FN5O2/c1-15-7-3-4-8-18(15)14-28-13-17(11-21(28)30)12-25-23(31)22-16(2)29(27-26-22)20-10-6-5-9-19(20)24/h3-10,17H,11-14H2,1-2H3,(H,25,31). The van der Waals surface area contributed by atoms with Crippen LogP contribution in [-0.2, 0) is 11.3 Å². The van der Waals surface area contributed by atoms with Crippen molar-refractivity contribution in [3.8, 4) is 5.69 Å². The molecule has 1 atom stereocenters. The number of carbonyl (C=O) groups is 2. The van der Waals surface area contributed by atoms with Gasteiger partial charge in [0.15, 0.2) is 5.69 Å². The van der Waals surface area contributed by atoms with Crippen LogP contribution in [-0.4, -0.2) is 44.8 Å². The van der Waals surface area contributed by atoms with Gasteiger partial charge in [-0.1, -0.05) is 41.6 Å². The summed E-state index contributed by atoms with van der Waals surface area (Å²) in [6.07, 6.45) is 0.396. The number of para-hydroxylation sites is 1. The fraction of sp³-hybridized carbons (Fsp3) is 0.304. The van der Waals surface area contributed by atoms with E-state index in [-0.39, 0.29) is 29.1 Å². The van der Waals surface area contributed by atoms with Gasteiger partial charge in [0.25, 0.3) is 5.91 Å². The largest absolute Gasteiger partial charge is 0.350 e. The molecule has 1 saturated heterocycles. The Morgan fingerprint density at radius 3 is 2.68 bits per heavy atom. The molecule has 1 unspecified atom stereocenters. The maximum absolute atomic E-state index is 14.0. The summed E-state index contributed by atoms with van der Waals surface area (Å²) in [5.41, 5.74) is 3.11. The molecule has 8 heteroatoms. The predicted molar refractivity (Wildman–Crippen MR) is 113 cm³/mol. The van der Waals surface area contributed by atoms with Crippen LogP contribution in [0.15, 0.2) is 48.5 Å². The van der Waals surface area contributed by atoms with Gasteiger partial charge in [-0.15, -0.1) is 5.10 Å². The fourth-order valence-corrected chi connectivity index (χ4v) is 3.85. The van der Waals surface area contributed by atoms with Crippen LogP contribution in [0.1, 0.15) is 33.7 Å². The van der Waals surface area contributed by atoms with E-state index in [4.69, 9.17) is 0 Å². The minimum atomic E-state index is -0.444. The smallest absolute Gasteiger partial charge is 0.273 e. The van der Waals surface area contributed by atoms with Crippen molar-refractivity contribution in [2.45, 2.75) is 26.8 Å². The van der Waals surface area contributed by atoms with Crippen LogP contribution in [0.2, 0.25) is 0 Å². The zero-order valence-electron chi connectivity index (χ0n) is 17.5. The summed E-state index contributed by atoms with van der Waals surface area (Å²) in [6.45, 7) is 5.23. The maximum atomic E-state index is 14.0. The Labute approximate surface area is 179 Å². The lowest BCUT2D eigenvalue weighted by atomic mass is 10.1. The number of nitrogens with zero attached hydrogens (tertiary/aromatic N) is 4. The summed E-state index contributed by atoms with van der Waals surface area (Å²) >= 11 is 0. The number of rotatable bonds is 6. The number of benzene rings is 2. The Morgan fingerprint density at radius 1 is 1.16 bits per heavy atom. The minimum Gasteiger partial charge on any atom is -0.350 e. The number of halogens is 1. The van der Waals surface area contributed by atoms with Crippen molar-refractivity contribution in [1.29, 1.82) is 0 Å². The number of hydrogen-bond acceptors (Lipinski definition) is 4. The first-order chi connectivity index (χ1) is 14.9. The van der Waals surface area contributed by atoms with Crippen LogP contribution in [0.25, 0.3) is 5.69 Å². The van der Waals surface area contributed by atoms with E-state index in [1.807, 2.05) is 36.1 Å². The van der Waals surface area contributed by atoms with Gasteiger partial charge in [0.1, 0.15) is 11.5 Å². The quantitative estimate of drug-likeness (QED) is 0.664. The van der Waals surface area contributed by atoms with Crippen LogP contribution in [0.4, 0.5) is 4.39 Å². The molecule has 0 saturated carbocycles. The highest BCUT2D eigenvalue weighted by atomic mass is 19.1. The Morgan fingerprint density at radius 2 is 1.90 bits per heavy atom. The van der Waals surface area contributed by atoms with Gasteiger partial charge in [-0.05, 0) is 37.1 Å². The topological polar surface area (TPSA) is 80.1 Å². The van der Waals surface area contributed by atoms with E-state index < -0.39 is 5.82 Å². The van der Waals surface area contributed by atoms with Crippen molar-refractivity contribution in [2.24, 2.45) is 5.92 Å². The molecule has 0 radical (unpaired) electrons. The average molecular weight is 421 g/mol. The Hall–Kier alpha value is -3.55. The number of aromatic nitrogens is 3. The van der Waals surface area contributed by atoms with Crippen molar-refractivity contribution in [2.75, 3.05) is 13.1 Å². The summed E-state index contributed by atoms with van der Waals surface area (Å²) in [6, 6.07) is 14.2. The summed E-state index contributed by atoms with van der Waals surface area (Å²) in [7, 11) is 0. The zero-order chi connectivity index (χ0) is 22.0. The fourth-order valence-electron chi connectivity index (χ4n) is 3.85. The summed E-state index contributed by atoms with van der Waals surface area (Å²) in [4.78, 5) is 26.9. The molecule has 1 fully saturated rings. The first kappa shape index (κ1) is 20.7. The van der Waals surface area contributed by atoms with E-state index in [0.717, 1.165) is 11.1 Å². The molecule has 160 valence electrons. The monoisotopic (exact) mass is 421 g/mol. The molecule has 4 rings (SSSR count). The van der Waals surface area contributed by atoms with Crippen molar-refractivity contribution >= 4 is 11.8 Å². The highest BCUT2D eigenvalue weighted by Gasteiger charge is 2.30. The molecule has 1 N–H and O–H groups in total. The average Bonchev–Trinajstić information content (AvgIpc) is 3.30. The van der Waals surface area contributed by atoms with Crippen molar-refractivity contribution in [3.63, 3.8) is 0 Å². The van der Waals surface area contributed by atoms with E-state index in [2.05, 4.69) is 15.6 Å². The minimum absolute atomic E-state index is 0.0300. The van der Waals surface area contributed by atoms with Gasteiger partial charge in [-0.3, -0.25) is 9.59 Å². The second-order valence-corrected chi connectivity index (χ2v) is 7.87. The molecular weight excluding hydrogens is 397 g/mol. The normalized spacial score (nSPS) is 16.0. The molecule has 1 aliphatic heterocycles. The first-order valence-electron chi connectivity index (χ1n) is 10.2. The molecule has 7 nitrogen and oxygen atoms in total. The number of aryl methyl sites for hydroxylation is 1. The summed E-state index contributed by atoms with van der Waals surface area (Å²) in [5, 5.41) is 10.7.